The minimum absolute atomic E-state index is 0.463. The average molecular weight is 191 g/mol. The highest BCUT2D eigenvalue weighted by atomic mass is 14.9. The Balaban J connectivity index is 2.85. The van der Waals surface area contributed by atoms with Crippen molar-refractivity contribution in [3.8, 4) is 0 Å². The second kappa shape index (κ2) is 5.16. The number of rotatable bonds is 4. The summed E-state index contributed by atoms with van der Waals surface area (Å²) in [5, 5.41) is 3.43. The zero-order valence-electron chi connectivity index (χ0n) is 9.72. The fourth-order valence-corrected chi connectivity index (χ4v) is 1.81. The van der Waals surface area contributed by atoms with Gasteiger partial charge in [0.2, 0.25) is 0 Å². The molecule has 0 saturated carbocycles. The van der Waals surface area contributed by atoms with Crippen LogP contribution in [0.15, 0.2) is 18.2 Å². The summed E-state index contributed by atoms with van der Waals surface area (Å²) in [7, 11) is 0. The van der Waals surface area contributed by atoms with Gasteiger partial charge in [-0.15, -0.1) is 0 Å². The van der Waals surface area contributed by atoms with E-state index in [2.05, 4.69) is 51.2 Å². The molecule has 1 aromatic rings. The van der Waals surface area contributed by atoms with E-state index in [1.54, 1.807) is 0 Å². The standard InChI is InChI=1S/C13H21N/c1-5-12-7-8-13(9-10(12)3)11(4)14-6-2/h7-9,11,14H,5-6H2,1-4H3. The smallest absolute Gasteiger partial charge is 0.0291 e. The van der Waals surface area contributed by atoms with Crippen molar-refractivity contribution in [3.05, 3.63) is 34.9 Å². The summed E-state index contributed by atoms with van der Waals surface area (Å²) in [6.45, 7) is 9.78. The Morgan fingerprint density at radius 1 is 1.29 bits per heavy atom. The van der Waals surface area contributed by atoms with E-state index in [9.17, 15) is 0 Å². The van der Waals surface area contributed by atoms with E-state index >= 15 is 0 Å². The van der Waals surface area contributed by atoms with Crippen LogP contribution in [0.2, 0.25) is 0 Å². The Morgan fingerprint density at radius 2 is 2.00 bits per heavy atom. The first-order chi connectivity index (χ1) is 6.69. The summed E-state index contributed by atoms with van der Waals surface area (Å²) in [5.41, 5.74) is 4.26. The van der Waals surface area contributed by atoms with Gasteiger partial charge in [-0.2, -0.15) is 0 Å². The largest absolute Gasteiger partial charge is 0.310 e. The fourth-order valence-electron chi connectivity index (χ4n) is 1.81. The SMILES string of the molecule is CCNC(C)c1ccc(CC)c(C)c1. The van der Waals surface area contributed by atoms with Gasteiger partial charge in [0.15, 0.2) is 0 Å². The second-order valence-corrected chi connectivity index (χ2v) is 3.82. The lowest BCUT2D eigenvalue weighted by molar-refractivity contribution is 0.597. The quantitative estimate of drug-likeness (QED) is 0.770. The highest BCUT2D eigenvalue weighted by Gasteiger charge is 2.04. The third-order valence-electron chi connectivity index (χ3n) is 2.76. The van der Waals surface area contributed by atoms with Gasteiger partial charge in [0.05, 0.1) is 0 Å². The van der Waals surface area contributed by atoms with Crippen molar-refractivity contribution >= 4 is 0 Å². The zero-order valence-corrected chi connectivity index (χ0v) is 9.72. The molecule has 78 valence electrons. The molecule has 1 heteroatoms. The van der Waals surface area contributed by atoms with Crippen LogP contribution in [0.4, 0.5) is 0 Å². The van der Waals surface area contributed by atoms with Crippen molar-refractivity contribution < 1.29 is 0 Å². The van der Waals surface area contributed by atoms with Crippen LogP contribution in [0.5, 0.6) is 0 Å². The topological polar surface area (TPSA) is 12.0 Å². The fraction of sp³-hybridized carbons (Fsp3) is 0.538. The molecule has 0 aromatic heterocycles. The van der Waals surface area contributed by atoms with E-state index in [0.29, 0.717) is 6.04 Å². The van der Waals surface area contributed by atoms with E-state index < -0.39 is 0 Å². The average Bonchev–Trinajstić information content (AvgIpc) is 2.18. The molecule has 0 fully saturated rings. The molecule has 1 aromatic carbocycles. The number of hydrogen-bond acceptors (Lipinski definition) is 1. The Bertz CT molecular complexity index is 291. The predicted molar refractivity (Wildman–Crippen MR) is 62.6 cm³/mol. The molecular formula is C13H21N. The van der Waals surface area contributed by atoms with Crippen LogP contribution in [-0.4, -0.2) is 6.54 Å². The van der Waals surface area contributed by atoms with Crippen LogP contribution in [0.25, 0.3) is 0 Å². The van der Waals surface area contributed by atoms with E-state index in [1.807, 2.05) is 0 Å². The lowest BCUT2D eigenvalue weighted by Crippen LogP contribution is -2.17. The van der Waals surface area contributed by atoms with E-state index in [1.165, 1.54) is 16.7 Å². The molecule has 0 saturated heterocycles. The van der Waals surface area contributed by atoms with Crippen molar-refractivity contribution in [1.82, 2.24) is 5.32 Å². The summed E-state index contributed by atoms with van der Waals surface area (Å²) in [6.07, 6.45) is 1.13. The summed E-state index contributed by atoms with van der Waals surface area (Å²) >= 11 is 0. The third-order valence-corrected chi connectivity index (χ3v) is 2.76. The zero-order chi connectivity index (χ0) is 10.6. The van der Waals surface area contributed by atoms with Crippen LogP contribution in [0.3, 0.4) is 0 Å². The van der Waals surface area contributed by atoms with Crippen LogP contribution in [0.1, 0.15) is 43.5 Å². The summed E-state index contributed by atoms with van der Waals surface area (Å²) in [6, 6.07) is 7.24. The van der Waals surface area contributed by atoms with Crippen LogP contribution in [0, 0.1) is 6.92 Å². The van der Waals surface area contributed by atoms with Gasteiger partial charge in [0, 0.05) is 6.04 Å². The number of benzene rings is 1. The first kappa shape index (κ1) is 11.3. The summed E-state index contributed by atoms with van der Waals surface area (Å²) in [5.74, 6) is 0. The van der Waals surface area contributed by atoms with Crippen molar-refractivity contribution in [3.63, 3.8) is 0 Å². The molecule has 1 N–H and O–H groups in total. The van der Waals surface area contributed by atoms with Crippen molar-refractivity contribution in [2.75, 3.05) is 6.54 Å². The minimum atomic E-state index is 0.463. The number of nitrogens with one attached hydrogen (secondary N) is 1. The van der Waals surface area contributed by atoms with Gasteiger partial charge < -0.3 is 5.32 Å². The van der Waals surface area contributed by atoms with E-state index in [-0.39, 0.29) is 0 Å². The molecule has 0 radical (unpaired) electrons. The molecule has 0 heterocycles. The van der Waals surface area contributed by atoms with E-state index in [4.69, 9.17) is 0 Å². The van der Waals surface area contributed by atoms with Gasteiger partial charge in [0.25, 0.3) is 0 Å². The van der Waals surface area contributed by atoms with Crippen LogP contribution < -0.4 is 5.32 Å². The van der Waals surface area contributed by atoms with Crippen LogP contribution >= 0.6 is 0 Å². The maximum Gasteiger partial charge on any atom is 0.0291 e. The molecule has 1 atom stereocenters. The van der Waals surface area contributed by atoms with Gasteiger partial charge >= 0.3 is 0 Å². The molecule has 1 rings (SSSR count). The summed E-state index contributed by atoms with van der Waals surface area (Å²) < 4.78 is 0. The Hall–Kier alpha value is -0.820. The van der Waals surface area contributed by atoms with Gasteiger partial charge in [-0.05, 0) is 43.5 Å². The number of aryl methyl sites for hydroxylation is 2. The maximum atomic E-state index is 3.43. The Kier molecular flexibility index (Phi) is 4.15. The molecule has 1 nitrogen and oxygen atoms in total. The molecule has 0 spiro atoms. The highest BCUT2D eigenvalue weighted by molar-refractivity contribution is 5.32. The third kappa shape index (κ3) is 2.58. The molecule has 14 heavy (non-hydrogen) atoms. The van der Waals surface area contributed by atoms with Crippen LogP contribution in [-0.2, 0) is 6.42 Å². The molecule has 1 unspecified atom stereocenters. The number of hydrogen-bond donors (Lipinski definition) is 1. The molecule has 0 aliphatic carbocycles. The predicted octanol–water partition coefficient (Wildman–Crippen LogP) is 3.23. The summed E-state index contributed by atoms with van der Waals surface area (Å²) in [4.78, 5) is 0. The molecule has 0 amide bonds. The maximum absolute atomic E-state index is 3.43. The van der Waals surface area contributed by atoms with Crippen molar-refractivity contribution in [2.24, 2.45) is 0 Å². The lowest BCUT2D eigenvalue weighted by Gasteiger charge is -2.14. The first-order valence-corrected chi connectivity index (χ1v) is 5.51. The van der Waals surface area contributed by atoms with Gasteiger partial charge in [0.1, 0.15) is 0 Å². The lowest BCUT2D eigenvalue weighted by atomic mass is 10.00. The second-order valence-electron chi connectivity index (χ2n) is 3.82. The Labute approximate surface area is 87.5 Å². The first-order valence-electron chi connectivity index (χ1n) is 5.51. The molecular weight excluding hydrogens is 170 g/mol. The van der Waals surface area contributed by atoms with E-state index in [0.717, 1.165) is 13.0 Å². The van der Waals surface area contributed by atoms with Gasteiger partial charge in [-0.3, -0.25) is 0 Å². The molecule has 0 aliphatic heterocycles. The van der Waals surface area contributed by atoms with Crippen molar-refractivity contribution in [2.45, 2.75) is 40.2 Å². The van der Waals surface area contributed by atoms with Gasteiger partial charge in [-0.1, -0.05) is 32.0 Å². The Morgan fingerprint density at radius 3 is 2.50 bits per heavy atom. The molecule has 0 bridgehead atoms. The molecule has 0 aliphatic rings. The normalized spacial score (nSPS) is 12.9. The van der Waals surface area contributed by atoms with Gasteiger partial charge in [-0.25, -0.2) is 0 Å². The minimum Gasteiger partial charge on any atom is -0.310 e. The highest BCUT2D eigenvalue weighted by Crippen LogP contribution is 2.17. The monoisotopic (exact) mass is 191 g/mol. The van der Waals surface area contributed by atoms with Crippen molar-refractivity contribution in [1.29, 1.82) is 0 Å².